The molecule has 1 heterocycles. The van der Waals surface area contributed by atoms with E-state index in [0.717, 1.165) is 4.47 Å². The standard InChI is InChI=1S/C14H11BrN2O3/c15-10-3-1-9(2-4-10)14(20)17-12-6-5-11(16-8-12)7-13(18)19/h1-6,8H,7H2,(H,17,20)(H,18,19). The molecule has 6 heteroatoms. The third-order valence-electron chi connectivity index (χ3n) is 2.52. The van der Waals surface area contributed by atoms with E-state index in [2.05, 4.69) is 26.2 Å². The van der Waals surface area contributed by atoms with Gasteiger partial charge in [-0.1, -0.05) is 15.9 Å². The first-order valence-electron chi connectivity index (χ1n) is 5.78. The molecule has 2 aromatic rings. The van der Waals surface area contributed by atoms with Gasteiger partial charge >= 0.3 is 5.97 Å². The summed E-state index contributed by atoms with van der Waals surface area (Å²) in [6.45, 7) is 0. The molecule has 0 radical (unpaired) electrons. The monoisotopic (exact) mass is 334 g/mol. The van der Waals surface area contributed by atoms with Crippen LogP contribution in [0, 0.1) is 0 Å². The van der Waals surface area contributed by atoms with Crippen LogP contribution in [0.25, 0.3) is 0 Å². The lowest BCUT2D eigenvalue weighted by Crippen LogP contribution is -2.12. The SMILES string of the molecule is O=C(O)Cc1ccc(NC(=O)c2ccc(Br)cc2)cn1. The molecule has 0 unspecified atom stereocenters. The summed E-state index contributed by atoms with van der Waals surface area (Å²) in [4.78, 5) is 26.4. The number of aliphatic carboxylic acids is 1. The van der Waals surface area contributed by atoms with Crippen LogP contribution >= 0.6 is 15.9 Å². The maximum atomic E-state index is 11.9. The third kappa shape index (κ3) is 3.89. The zero-order valence-corrected chi connectivity index (χ0v) is 11.9. The average molecular weight is 335 g/mol. The number of amides is 1. The zero-order valence-electron chi connectivity index (χ0n) is 10.3. The molecule has 0 saturated heterocycles. The van der Waals surface area contributed by atoms with Crippen LogP contribution in [0.15, 0.2) is 47.1 Å². The Balaban J connectivity index is 2.04. The molecule has 20 heavy (non-hydrogen) atoms. The summed E-state index contributed by atoms with van der Waals surface area (Å²) in [5.74, 6) is -1.19. The molecule has 1 amide bonds. The second kappa shape index (κ2) is 6.29. The third-order valence-corrected chi connectivity index (χ3v) is 3.05. The number of benzene rings is 1. The fraction of sp³-hybridized carbons (Fsp3) is 0.0714. The van der Waals surface area contributed by atoms with E-state index < -0.39 is 5.97 Å². The number of anilines is 1. The normalized spacial score (nSPS) is 10.1. The van der Waals surface area contributed by atoms with Gasteiger partial charge in [0.2, 0.25) is 0 Å². The molecule has 2 rings (SSSR count). The number of halogens is 1. The predicted octanol–water partition coefficient (Wildman–Crippen LogP) is 2.72. The number of carboxylic acid groups (broad SMARTS) is 1. The average Bonchev–Trinajstić information content (AvgIpc) is 2.41. The van der Waals surface area contributed by atoms with Gasteiger partial charge in [0.1, 0.15) is 0 Å². The van der Waals surface area contributed by atoms with E-state index in [1.54, 1.807) is 36.4 Å². The molecule has 5 nitrogen and oxygen atoms in total. The highest BCUT2D eigenvalue weighted by atomic mass is 79.9. The summed E-state index contributed by atoms with van der Waals surface area (Å²) in [6.07, 6.45) is 1.30. The van der Waals surface area contributed by atoms with E-state index in [9.17, 15) is 9.59 Å². The quantitative estimate of drug-likeness (QED) is 0.900. The number of rotatable bonds is 4. The second-order valence-electron chi connectivity index (χ2n) is 4.07. The number of nitrogens with one attached hydrogen (secondary N) is 1. The molecule has 102 valence electrons. The minimum Gasteiger partial charge on any atom is -0.481 e. The lowest BCUT2D eigenvalue weighted by Gasteiger charge is -2.05. The Hall–Kier alpha value is -2.21. The summed E-state index contributed by atoms with van der Waals surface area (Å²) in [6, 6.07) is 10.2. The first-order valence-corrected chi connectivity index (χ1v) is 6.57. The van der Waals surface area contributed by atoms with Gasteiger partial charge in [-0.3, -0.25) is 14.6 Å². The van der Waals surface area contributed by atoms with Gasteiger partial charge in [-0.15, -0.1) is 0 Å². The van der Waals surface area contributed by atoms with Crippen LogP contribution in [-0.2, 0) is 11.2 Å². The Bertz CT molecular complexity index is 624. The van der Waals surface area contributed by atoms with Gasteiger partial charge in [0.05, 0.1) is 24.0 Å². The molecule has 0 aliphatic heterocycles. The molecule has 0 aliphatic carbocycles. The smallest absolute Gasteiger partial charge is 0.309 e. The van der Waals surface area contributed by atoms with E-state index in [-0.39, 0.29) is 12.3 Å². The molecule has 0 aliphatic rings. The van der Waals surface area contributed by atoms with Crippen molar-refractivity contribution in [2.75, 3.05) is 5.32 Å². The van der Waals surface area contributed by atoms with E-state index >= 15 is 0 Å². The molecule has 1 aromatic carbocycles. The van der Waals surface area contributed by atoms with Crippen molar-refractivity contribution in [3.05, 3.63) is 58.3 Å². The lowest BCUT2D eigenvalue weighted by atomic mass is 10.2. The number of carbonyl (C=O) groups excluding carboxylic acids is 1. The molecule has 0 bridgehead atoms. The van der Waals surface area contributed by atoms with Crippen LogP contribution in [0.5, 0.6) is 0 Å². The molecular formula is C14H11BrN2O3. The molecule has 1 aromatic heterocycles. The van der Waals surface area contributed by atoms with Crippen LogP contribution in [0.3, 0.4) is 0 Å². The van der Waals surface area contributed by atoms with E-state index in [1.807, 2.05) is 0 Å². The Morgan fingerprint density at radius 1 is 1.15 bits per heavy atom. The summed E-state index contributed by atoms with van der Waals surface area (Å²) >= 11 is 3.30. The molecule has 0 spiro atoms. The highest BCUT2D eigenvalue weighted by Gasteiger charge is 2.07. The highest BCUT2D eigenvalue weighted by Crippen LogP contribution is 2.13. The summed E-state index contributed by atoms with van der Waals surface area (Å²) < 4.78 is 0.897. The number of carbonyl (C=O) groups is 2. The van der Waals surface area contributed by atoms with Gasteiger partial charge in [-0.25, -0.2) is 0 Å². The molecule has 0 fully saturated rings. The Kier molecular flexibility index (Phi) is 4.47. The van der Waals surface area contributed by atoms with Gasteiger partial charge in [-0.2, -0.15) is 0 Å². The Labute approximate surface area is 123 Å². The maximum absolute atomic E-state index is 11.9. The van der Waals surface area contributed by atoms with Crippen LogP contribution in [0.1, 0.15) is 16.1 Å². The summed E-state index contributed by atoms with van der Waals surface area (Å²) in [5, 5.41) is 11.3. The molecule has 0 saturated carbocycles. The van der Waals surface area contributed by atoms with Crippen molar-refractivity contribution in [3.8, 4) is 0 Å². The minimum absolute atomic E-state index is 0.138. The van der Waals surface area contributed by atoms with Crippen molar-refractivity contribution in [3.63, 3.8) is 0 Å². The Morgan fingerprint density at radius 2 is 1.85 bits per heavy atom. The fourth-order valence-electron chi connectivity index (χ4n) is 1.56. The summed E-state index contributed by atoms with van der Waals surface area (Å²) in [5.41, 5.74) is 1.49. The predicted molar refractivity (Wildman–Crippen MR) is 77.7 cm³/mol. The van der Waals surface area contributed by atoms with Crippen molar-refractivity contribution in [1.82, 2.24) is 4.98 Å². The van der Waals surface area contributed by atoms with Gasteiger partial charge in [0.25, 0.3) is 5.91 Å². The van der Waals surface area contributed by atoms with Gasteiger partial charge < -0.3 is 10.4 Å². The maximum Gasteiger partial charge on any atom is 0.309 e. The lowest BCUT2D eigenvalue weighted by molar-refractivity contribution is -0.136. The van der Waals surface area contributed by atoms with Crippen molar-refractivity contribution in [1.29, 1.82) is 0 Å². The van der Waals surface area contributed by atoms with Crippen molar-refractivity contribution in [2.24, 2.45) is 0 Å². The first-order chi connectivity index (χ1) is 9.54. The largest absolute Gasteiger partial charge is 0.481 e. The van der Waals surface area contributed by atoms with E-state index in [1.165, 1.54) is 6.20 Å². The van der Waals surface area contributed by atoms with Gasteiger partial charge in [0, 0.05) is 10.0 Å². The van der Waals surface area contributed by atoms with Gasteiger partial charge in [-0.05, 0) is 36.4 Å². The van der Waals surface area contributed by atoms with E-state index in [4.69, 9.17) is 5.11 Å². The van der Waals surface area contributed by atoms with E-state index in [0.29, 0.717) is 16.9 Å². The van der Waals surface area contributed by atoms with Gasteiger partial charge in [0.15, 0.2) is 0 Å². The minimum atomic E-state index is -0.941. The number of hydrogen-bond donors (Lipinski definition) is 2. The number of hydrogen-bond acceptors (Lipinski definition) is 3. The highest BCUT2D eigenvalue weighted by molar-refractivity contribution is 9.10. The first kappa shape index (κ1) is 14.2. The van der Waals surface area contributed by atoms with Crippen molar-refractivity contribution >= 4 is 33.5 Å². The number of pyridine rings is 1. The van der Waals surface area contributed by atoms with Crippen LogP contribution in [0.2, 0.25) is 0 Å². The second-order valence-corrected chi connectivity index (χ2v) is 4.99. The number of carboxylic acids is 1. The fourth-order valence-corrected chi connectivity index (χ4v) is 1.83. The van der Waals surface area contributed by atoms with Crippen molar-refractivity contribution < 1.29 is 14.7 Å². The molecular weight excluding hydrogens is 324 g/mol. The molecule has 2 N–H and O–H groups in total. The van der Waals surface area contributed by atoms with Crippen LogP contribution in [0.4, 0.5) is 5.69 Å². The van der Waals surface area contributed by atoms with Crippen molar-refractivity contribution in [2.45, 2.75) is 6.42 Å². The topological polar surface area (TPSA) is 79.3 Å². The Morgan fingerprint density at radius 3 is 2.40 bits per heavy atom. The number of aromatic nitrogens is 1. The zero-order chi connectivity index (χ0) is 14.5. The van der Waals surface area contributed by atoms with Crippen LogP contribution < -0.4 is 5.32 Å². The number of nitrogens with zero attached hydrogens (tertiary/aromatic N) is 1. The summed E-state index contributed by atoms with van der Waals surface area (Å²) in [7, 11) is 0. The van der Waals surface area contributed by atoms with Crippen LogP contribution in [-0.4, -0.2) is 22.0 Å². The molecule has 0 atom stereocenters.